The summed E-state index contributed by atoms with van der Waals surface area (Å²) in [5, 5.41) is 0. The molecule has 0 atom stereocenters. The Labute approximate surface area is 97.7 Å². The van der Waals surface area contributed by atoms with Gasteiger partial charge >= 0.3 is 0 Å². The van der Waals surface area contributed by atoms with Crippen molar-refractivity contribution in [3.05, 3.63) is 54.1 Å². The van der Waals surface area contributed by atoms with Crippen molar-refractivity contribution >= 4 is 17.4 Å². The molecule has 2 N–H and O–H groups in total. The Morgan fingerprint density at radius 2 is 1.94 bits per heavy atom. The molecule has 2 aromatic rings. The Balaban J connectivity index is 2.08. The number of hydrogen-bond donors (Lipinski definition) is 1. The molecule has 0 spiro atoms. The number of anilines is 1. The standard InChI is InChI=1S/C12H11FN2S/c13-12-9(2-1-3-11(12)14)8-16-10-4-6-15-7-5-10/h1-7H,8,14H2. The molecule has 82 valence electrons. The number of rotatable bonds is 3. The third-order valence-corrected chi connectivity index (χ3v) is 3.21. The molecule has 0 unspecified atom stereocenters. The van der Waals surface area contributed by atoms with Crippen LogP contribution in [0.3, 0.4) is 0 Å². The van der Waals surface area contributed by atoms with Gasteiger partial charge in [-0.3, -0.25) is 4.98 Å². The highest BCUT2D eigenvalue weighted by Crippen LogP contribution is 2.25. The zero-order chi connectivity index (χ0) is 11.4. The molecule has 2 rings (SSSR count). The minimum absolute atomic E-state index is 0.202. The lowest BCUT2D eigenvalue weighted by Gasteiger charge is -2.04. The predicted octanol–water partition coefficient (Wildman–Crippen LogP) is 3.10. The van der Waals surface area contributed by atoms with Gasteiger partial charge in [-0.2, -0.15) is 0 Å². The maximum atomic E-state index is 13.6. The maximum Gasteiger partial charge on any atom is 0.150 e. The summed E-state index contributed by atoms with van der Waals surface area (Å²) in [4.78, 5) is 4.99. The smallest absolute Gasteiger partial charge is 0.150 e. The van der Waals surface area contributed by atoms with Gasteiger partial charge in [0.05, 0.1) is 5.69 Å². The monoisotopic (exact) mass is 234 g/mol. The molecule has 0 saturated carbocycles. The second-order valence-corrected chi connectivity index (χ2v) is 4.34. The van der Waals surface area contributed by atoms with Gasteiger partial charge in [-0.15, -0.1) is 11.8 Å². The number of benzene rings is 1. The molecule has 0 saturated heterocycles. The van der Waals surface area contributed by atoms with Crippen LogP contribution in [0, 0.1) is 5.82 Å². The number of nitrogen functional groups attached to an aromatic ring is 1. The van der Waals surface area contributed by atoms with E-state index in [2.05, 4.69) is 4.98 Å². The molecule has 0 amide bonds. The van der Waals surface area contributed by atoms with Crippen molar-refractivity contribution in [3.8, 4) is 0 Å². The van der Waals surface area contributed by atoms with E-state index in [4.69, 9.17) is 5.73 Å². The second-order valence-electron chi connectivity index (χ2n) is 3.29. The second kappa shape index (κ2) is 4.99. The molecule has 0 radical (unpaired) electrons. The van der Waals surface area contributed by atoms with Crippen LogP contribution in [0.2, 0.25) is 0 Å². The third-order valence-electron chi connectivity index (χ3n) is 2.15. The number of hydrogen-bond acceptors (Lipinski definition) is 3. The molecule has 1 aromatic heterocycles. The van der Waals surface area contributed by atoms with E-state index < -0.39 is 0 Å². The summed E-state index contributed by atoms with van der Waals surface area (Å²) < 4.78 is 13.6. The van der Waals surface area contributed by atoms with Gasteiger partial charge in [0.25, 0.3) is 0 Å². The number of nitrogens with zero attached hydrogens (tertiary/aromatic N) is 1. The summed E-state index contributed by atoms with van der Waals surface area (Å²) in [7, 11) is 0. The zero-order valence-electron chi connectivity index (χ0n) is 8.56. The first-order chi connectivity index (χ1) is 7.77. The number of thioether (sulfide) groups is 1. The van der Waals surface area contributed by atoms with Gasteiger partial charge in [0.1, 0.15) is 5.82 Å². The summed E-state index contributed by atoms with van der Waals surface area (Å²) in [6.07, 6.45) is 3.44. The molecular formula is C12H11FN2S. The number of nitrogens with two attached hydrogens (primary N) is 1. The van der Waals surface area contributed by atoms with Crippen molar-refractivity contribution in [2.24, 2.45) is 0 Å². The first-order valence-corrected chi connectivity index (χ1v) is 5.81. The van der Waals surface area contributed by atoms with Crippen molar-refractivity contribution in [1.82, 2.24) is 4.98 Å². The van der Waals surface area contributed by atoms with Crippen LogP contribution < -0.4 is 5.73 Å². The van der Waals surface area contributed by atoms with Crippen LogP contribution in [0.15, 0.2) is 47.6 Å². The fraction of sp³-hybridized carbons (Fsp3) is 0.0833. The molecule has 0 aliphatic rings. The van der Waals surface area contributed by atoms with Crippen LogP contribution in [-0.4, -0.2) is 4.98 Å². The van der Waals surface area contributed by atoms with Gasteiger partial charge in [-0.1, -0.05) is 12.1 Å². The molecule has 0 aliphatic carbocycles. The molecule has 1 heterocycles. The molecule has 0 fully saturated rings. The van der Waals surface area contributed by atoms with Crippen LogP contribution >= 0.6 is 11.8 Å². The van der Waals surface area contributed by atoms with Crippen molar-refractivity contribution in [2.45, 2.75) is 10.6 Å². The highest BCUT2D eigenvalue weighted by atomic mass is 32.2. The number of aromatic nitrogens is 1. The summed E-state index contributed by atoms with van der Waals surface area (Å²) in [6.45, 7) is 0. The summed E-state index contributed by atoms with van der Waals surface area (Å²) in [5.41, 5.74) is 6.32. The van der Waals surface area contributed by atoms with E-state index in [0.29, 0.717) is 11.3 Å². The normalized spacial score (nSPS) is 10.3. The average molecular weight is 234 g/mol. The lowest BCUT2D eigenvalue weighted by atomic mass is 10.2. The van der Waals surface area contributed by atoms with Gasteiger partial charge in [0, 0.05) is 28.6 Å². The zero-order valence-corrected chi connectivity index (χ0v) is 9.38. The highest BCUT2D eigenvalue weighted by Gasteiger charge is 2.05. The van der Waals surface area contributed by atoms with Crippen LogP contribution in [0.25, 0.3) is 0 Å². The van der Waals surface area contributed by atoms with Crippen LogP contribution in [0.4, 0.5) is 10.1 Å². The van der Waals surface area contributed by atoms with Gasteiger partial charge < -0.3 is 5.73 Å². The van der Waals surface area contributed by atoms with Crippen LogP contribution in [0.1, 0.15) is 5.56 Å². The Hall–Kier alpha value is -1.55. The lowest BCUT2D eigenvalue weighted by Crippen LogP contribution is -1.94. The largest absolute Gasteiger partial charge is 0.396 e. The van der Waals surface area contributed by atoms with Crippen molar-refractivity contribution in [3.63, 3.8) is 0 Å². The fourth-order valence-electron chi connectivity index (χ4n) is 1.31. The molecule has 0 bridgehead atoms. The molecule has 16 heavy (non-hydrogen) atoms. The van der Waals surface area contributed by atoms with Crippen molar-refractivity contribution < 1.29 is 4.39 Å². The third kappa shape index (κ3) is 2.52. The van der Waals surface area contributed by atoms with Crippen LogP contribution in [-0.2, 0) is 5.75 Å². The lowest BCUT2D eigenvalue weighted by molar-refractivity contribution is 0.622. The summed E-state index contributed by atoms with van der Waals surface area (Å²) in [6, 6.07) is 8.88. The first kappa shape index (κ1) is 11.0. The van der Waals surface area contributed by atoms with Gasteiger partial charge in [-0.25, -0.2) is 4.39 Å². The van der Waals surface area contributed by atoms with Crippen LogP contribution in [0.5, 0.6) is 0 Å². The number of pyridine rings is 1. The van der Waals surface area contributed by atoms with Crippen molar-refractivity contribution in [1.29, 1.82) is 0 Å². The van der Waals surface area contributed by atoms with E-state index in [1.165, 1.54) is 0 Å². The fourth-order valence-corrected chi connectivity index (χ4v) is 2.17. The van der Waals surface area contributed by atoms with E-state index in [9.17, 15) is 4.39 Å². The van der Waals surface area contributed by atoms with E-state index in [0.717, 1.165) is 4.90 Å². The predicted molar refractivity (Wildman–Crippen MR) is 64.6 cm³/mol. The van der Waals surface area contributed by atoms with Gasteiger partial charge in [0.2, 0.25) is 0 Å². The molecular weight excluding hydrogens is 223 g/mol. The Bertz CT molecular complexity index is 474. The molecule has 2 nitrogen and oxygen atoms in total. The SMILES string of the molecule is Nc1cccc(CSc2ccncc2)c1F. The van der Waals surface area contributed by atoms with Crippen molar-refractivity contribution in [2.75, 3.05) is 5.73 Å². The summed E-state index contributed by atoms with van der Waals surface area (Å²) >= 11 is 1.56. The van der Waals surface area contributed by atoms with E-state index in [-0.39, 0.29) is 11.5 Å². The van der Waals surface area contributed by atoms with Gasteiger partial charge in [0.15, 0.2) is 0 Å². The Morgan fingerprint density at radius 1 is 1.19 bits per heavy atom. The molecule has 1 aromatic carbocycles. The topological polar surface area (TPSA) is 38.9 Å². The van der Waals surface area contributed by atoms with E-state index >= 15 is 0 Å². The maximum absolute atomic E-state index is 13.6. The average Bonchev–Trinajstić information content (AvgIpc) is 2.32. The Morgan fingerprint density at radius 3 is 2.69 bits per heavy atom. The Kier molecular flexibility index (Phi) is 3.41. The van der Waals surface area contributed by atoms with E-state index in [1.807, 2.05) is 12.1 Å². The highest BCUT2D eigenvalue weighted by molar-refractivity contribution is 7.98. The molecule has 0 aliphatic heterocycles. The quantitative estimate of drug-likeness (QED) is 0.655. The minimum atomic E-state index is -0.316. The summed E-state index contributed by atoms with van der Waals surface area (Å²) in [5.74, 6) is 0.255. The number of halogens is 1. The van der Waals surface area contributed by atoms with E-state index in [1.54, 1.807) is 42.4 Å². The van der Waals surface area contributed by atoms with Gasteiger partial charge in [-0.05, 0) is 18.2 Å². The first-order valence-electron chi connectivity index (χ1n) is 4.83. The molecule has 4 heteroatoms. The minimum Gasteiger partial charge on any atom is -0.396 e.